The van der Waals surface area contributed by atoms with Gasteiger partial charge >= 0.3 is 5.97 Å². The SMILES string of the molecule is Cc1cc(C)n(-c2nc3cc(Cl)ccc3c(=O)n2OCC(=O)OCc2cccc(N)c2)n1. The number of ether oxygens (including phenoxy) is 1. The quantitative estimate of drug-likeness (QED) is 0.352. The molecule has 0 saturated heterocycles. The lowest BCUT2D eigenvalue weighted by Gasteiger charge is -2.14. The van der Waals surface area contributed by atoms with E-state index in [1.165, 1.54) is 4.68 Å². The molecule has 4 rings (SSSR count). The molecule has 0 aliphatic carbocycles. The summed E-state index contributed by atoms with van der Waals surface area (Å²) >= 11 is 6.07. The van der Waals surface area contributed by atoms with Crippen LogP contribution in [0.1, 0.15) is 17.0 Å². The van der Waals surface area contributed by atoms with Crippen molar-refractivity contribution < 1.29 is 14.4 Å². The highest BCUT2D eigenvalue weighted by Crippen LogP contribution is 2.17. The highest BCUT2D eigenvalue weighted by molar-refractivity contribution is 6.31. The predicted molar refractivity (Wildman–Crippen MR) is 120 cm³/mol. The molecule has 9 nitrogen and oxygen atoms in total. The average Bonchev–Trinajstić information content (AvgIpc) is 3.09. The first kappa shape index (κ1) is 21.4. The summed E-state index contributed by atoms with van der Waals surface area (Å²) in [6.45, 7) is 3.16. The van der Waals surface area contributed by atoms with E-state index in [2.05, 4.69) is 10.1 Å². The van der Waals surface area contributed by atoms with Crippen LogP contribution in [-0.4, -0.2) is 32.1 Å². The summed E-state index contributed by atoms with van der Waals surface area (Å²) in [7, 11) is 0. The molecule has 0 radical (unpaired) electrons. The number of esters is 1. The summed E-state index contributed by atoms with van der Waals surface area (Å²) < 4.78 is 7.64. The molecule has 0 spiro atoms. The molecule has 32 heavy (non-hydrogen) atoms. The molecule has 0 aliphatic heterocycles. The summed E-state index contributed by atoms with van der Waals surface area (Å²) in [6, 6.07) is 13.5. The summed E-state index contributed by atoms with van der Waals surface area (Å²) in [5.74, 6) is -0.561. The molecule has 4 aromatic rings. The number of anilines is 1. The van der Waals surface area contributed by atoms with Gasteiger partial charge < -0.3 is 15.3 Å². The Balaban J connectivity index is 1.63. The topological polar surface area (TPSA) is 114 Å². The van der Waals surface area contributed by atoms with Gasteiger partial charge in [0.25, 0.3) is 11.5 Å². The van der Waals surface area contributed by atoms with Gasteiger partial charge in [0, 0.05) is 16.4 Å². The van der Waals surface area contributed by atoms with Gasteiger partial charge in [-0.2, -0.15) is 5.10 Å². The zero-order chi connectivity index (χ0) is 22.8. The first-order valence-corrected chi connectivity index (χ1v) is 10.1. The lowest BCUT2D eigenvalue weighted by molar-refractivity contribution is -0.150. The van der Waals surface area contributed by atoms with Crippen LogP contribution in [0.4, 0.5) is 5.69 Å². The molecular weight excluding hydrogens is 434 g/mol. The van der Waals surface area contributed by atoms with E-state index in [1.54, 1.807) is 42.5 Å². The van der Waals surface area contributed by atoms with Gasteiger partial charge in [0.15, 0.2) is 0 Å². The van der Waals surface area contributed by atoms with Gasteiger partial charge in [-0.15, -0.1) is 4.73 Å². The maximum atomic E-state index is 13.1. The number of carbonyl (C=O) groups is 1. The highest BCUT2D eigenvalue weighted by atomic mass is 35.5. The zero-order valence-corrected chi connectivity index (χ0v) is 18.2. The van der Waals surface area contributed by atoms with E-state index in [4.69, 9.17) is 26.9 Å². The fraction of sp³-hybridized carbons (Fsp3) is 0.182. The molecule has 2 aromatic heterocycles. The largest absolute Gasteiger partial charge is 0.458 e. The number of nitrogens with zero attached hydrogens (tertiary/aromatic N) is 4. The van der Waals surface area contributed by atoms with Gasteiger partial charge in [-0.1, -0.05) is 23.7 Å². The first-order chi connectivity index (χ1) is 15.3. The number of fused-ring (bicyclic) bond motifs is 1. The minimum absolute atomic E-state index is 0.0287. The minimum Gasteiger partial charge on any atom is -0.458 e. The second-order valence-corrected chi connectivity index (χ2v) is 7.63. The van der Waals surface area contributed by atoms with Gasteiger partial charge in [-0.05, 0) is 55.8 Å². The number of carbonyl (C=O) groups excluding carboxylic acids is 1. The van der Waals surface area contributed by atoms with Crippen LogP contribution in [0.2, 0.25) is 5.02 Å². The fourth-order valence-electron chi connectivity index (χ4n) is 3.22. The van der Waals surface area contributed by atoms with Crippen LogP contribution in [-0.2, 0) is 16.1 Å². The number of nitrogens with two attached hydrogens (primary N) is 1. The van der Waals surface area contributed by atoms with Crippen LogP contribution in [0.5, 0.6) is 0 Å². The third-order valence-electron chi connectivity index (χ3n) is 4.64. The van der Waals surface area contributed by atoms with Crippen molar-refractivity contribution >= 4 is 34.2 Å². The second-order valence-electron chi connectivity index (χ2n) is 7.19. The van der Waals surface area contributed by atoms with Crippen molar-refractivity contribution in [2.24, 2.45) is 0 Å². The molecule has 0 aliphatic rings. The highest BCUT2D eigenvalue weighted by Gasteiger charge is 2.18. The molecule has 2 aromatic carbocycles. The molecule has 2 heterocycles. The van der Waals surface area contributed by atoms with Gasteiger partial charge in [0.1, 0.15) is 6.61 Å². The van der Waals surface area contributed by atoms with Crippen LogP contribution in [0, 0.1) is 13.8 Å². The van der Waals surface area contributed by atoms with Gasteiger partial charge in [0.2, 0.25) is 6.61 Å². The molecule has 0 atom stereocenters. The summed E-state index contributed by atoms with van der Waals surface area (Å²) in [4.78, 5) is 35.4. The Morgan fingerprint density at radius 3 is 2.69 bits per heavy atom. The van der Waals surface area contributed by atoms with Crippen molar-refractivity contribution in [2.45, 2.75) is 20.5 Å². The number of aromatic nitrogens is 4. The first-order valence-electron chi connectivity index (χ1n) is 9.71. The number of nitrogen functional groups attached to an aromatic ring is 1. The van der Waals surface area contributed by atoms with Crippen LogP contribution < -0.4 is 16.1 Å². The molecule has 0 fully saturated rings. The standard InChI is InChI=1S/C22H20ClN5O4/c1-13-8-14(2)27(26-13)22-25-19-10-16(23)6-7-18(19)21(30)28(22)32-12-20(29)31-11-15-4-3-5-17(24)9-15/h3-10H,11-12,24H2,1-2H3. The van der Waals surface area contributed by atoms with Crippen LogP contribution in [0.25, 0.3) is 16.9 Å². The number of halogens is 1. The van der Waals surface area contributed by atoms with Crippen LogP contribution in [0.15, 0.2) is 53.3 Å². The van der Waals surface area contributed by atoms with Gasteiger partial charge in [-0.3, -0.25) is 4.79 Å². The monoisotopic (exact) mass is 453 g/mol. The second kappa shape index (κ2) is 8.72. The molecule has 2 N–H and O–H groups in total. The number of benzene rings is 2. The normalized spacial score (nSPS) is 11.0. The Morgan fingerprint density at radius 1 is 1.16 bits per heavy atom. The van der Waals surface area contributed by atoms with Crippen molar-refractivity contribution in [1.29, 1.82) is 0 Å². The van der Waals surface area contributed by atoms with E-state index in [-0.39, 0.29) is 17.9 Å². The van der Waals surface area contributed by atoms with Crippen molar-refractivity contribution in [1.82, 2.24) is 19.5 Å². The summed E-state index contributed by atoms with van der Waals surface area (Å²) in [6.07, 6.45) is 0. The van der Waals surface area contributed by atoms with E-state index in [0.29, 0.717) is 16.2 Å². The maximum absolute atomic E-state index is 13.1. The number of aryl methyl sites for hydroxylation is 2. The van der Waals surface area contributed by atoms with Crippen molar-refractivity contribution in [2.75, 3.05) is 12.3 Å². The fourth-order valence-corrected chi connectivity index (χ4v) is 3.38. The van der Waals surface area contributed by atoms with Gasteiger partial charge in [-0.25, -0.2) is 14.5 Å². The number of hydrogen-bond donors (Lipinski definition) is 1. The lowest BCUT2D eigenvalue weighted by atomic mass is 10.2. The molecule has 164 valence electrons. The smallest absolute Gasteiger partial charge is 0.347 e. The predicted octanol–water partition coefficient (Wildman–Crippen LogP) is 2.61. The lowest BCUT2D eigenvalue weighted by Crippen LogP contribution is -2.35. The average molecular weight is 454 g/mol. The third-order valence-corrected chi connectivity index (χ3v) is 4.87. The molecule has 0 saturated carbocycles. The summed E-state index contributed by atoms with van der Waals surface area (Å²) in [5.41, 5.74) is 8.38. The Labute approximate surface area is 187 Å². The molecule has 0 unspecified atom stereocenters. The number of rotatable bonds is 6. The van der Waals surface area contributed by atoms with E-state index in [1.807, 2.05) is 19.9 Å². The Hall–Kier alpha value is -3.85. The Kier molecular flexibility index (Phi) is 5.83. The van der Waals surface area contributed by atoms with E-state index in [9.17, 15) is 9.59 Å². The van der Waals surface area contributed by atoms with E-state index in [0.717, 1.165) is 21.7 Å². The molecular formula is C22H20ClN5O4. The third kappa shape index (κ3) is 4.42. The Morgan fingerprint density at radius 2 is 1.97 bits per heavy atom. The van der Waals surface area contributed by atoms with Crippen LogP contribution in [0.3, 0.4) is 0 Å². The zero-order valence-electron chi connectivity index (χ0n) is 17.4. The van der Waals surface area contributed by atoms with Crippen molar-refractivity contribution in [3.05, 3.63) is 80.9 Å². The summed E-state index contributed by atoms with van der Waals surface area (Å²) in [5, 5.41) is 5.10. The molecule has 10 heteroatoms. The van der Waals surface area contributed by atoms with Crippen molar-refractivity contribution in [3.63, 3.8) is 0 Å². The van der Waals surface area contributed by atoms with Gasteiger partial charge in [0.05, 0.1) is 16.6 Å². The molecule has 0 bridgehead atoms. The Bertz CT molecular complexity index is 1380. The minimum atomic E-state index is -0.658. The molecule has 0 amide bonds. The van der Waals surface area contributed by atoms with Crippen molar-refractivity contribution in [3.8, 4) is 5.95 Å². The van der Waals surface area contributed by atoms with Crippen LogP contribution >= 0.6 is 11.6 Å². The maximum Gasteiger partial charge on any atom is 0.347 e. The number of hydrogen-bond acceptors (Lipinski definition) is 7. The van der Waals surface area contributed by atoms with E-state index < -0.39 is 18.1 Å². The van der Waals surface area contributed by atoms with E-state index >= 15 is 0 Å².